The summed E-state index contributed by atoms with van der Waals surface area (Å²) in [7, 11) is 0. The first kappa shape index (κ1) is 12.7. The maximum Gasteiger partial charge on any atom is 0.122 e. The smallest absolute Gasteiger partial charge is 0.122 e. The first-order valence-electron chi connectivity index (χ1n) is 6.50. The quantitative estimate of drug-likeness (QED) is 0.934. The Kier molecular flexibility index (Phi) is 3.85. The fourth-order valence-electron chi connectivity index (χ4n) is 2.35. The SMILES string of the molecule is Brc1ccc2c(c1)CC(NCc1ccccc1)CO2. The zero-order valence-electron chi connectivity index (χ0n) is 10.6. The molecule has 1 unspecified atom stereocenters. The number of hydrogen-bond acceptors (Lipinski definition) is 2. The number of halogens is 1. The lowest BCUT2D eigenvalue weighted by atomic mass is 10.0. The molecule has 0 spiro atoms. The van der Waals surface area contributed by atoms with E-state index in [9.17, 15) is 0 Å². The summed E-state index contributed by atoms with van der Waals surface area (Å²) in [6.07, 6.45) is 1.02. The Morgan fingerprint density at radius 2 is 2.00 bits per heavy atom. The van der Waals surface area contributed by atoms with E-state index in [-0.39, 0.29) is 0 Å². The first-order chi connectivity index (χ1) is 9.31. The molecule has 0 saturated carbocycles. The molecule has 1 N–H and O–H groups in total. The van der Waals surface area contributed by atoms with Gasteiger partial charge in [0.15, 0.2) is 0 Å². The number of rotatable bonds is 3. The standard InChI is InChI=1S/C16H16BrNO/c17-14-6-7-16-13(8-14)9-15(11-19-16)18-10-12-4-2-1-3-5-12/h1-8,15,18H,9-11H2. The summed E-state index contributed by atoms with van der Waals surface area (Å²) < 4.78 is 6.91. The predicted octanol–water partition coefficient (Wildman–Crippen LogP) is 3.54. The Bertz CT molecular complexity index is 556. The molecular weight excluding hydrogens is 302 g/mol. The Morgan fingerprint density at radius 3 is 2.84 bits per heavy atom. The van der Waals surface area contributed by atoms with Gasteiger partial charge in [-0.15, -0.1) is 0 Å². The lowest BCUT2D eigenvalue weighted by molar-refractivity contribution is 0.238. The van der Waals surface area contributed by atoms with Gasteiger partial charge in [0.05, 0.1) is 0 Å². The number of nitrogens with one attached hydrogen (secondary N) is 1. The average Bonchev–Trinajstić information content (AvgIpc) is 2.46. The first-order valence-corrected chi connectivity index (χ1v) is 7.29. The third-order valence-electron chi connectivity index (χ3n) is 3.37. The van der Waals surface area contributed by atoms with Crippen molar-refractivity contribution < 1.29 is 4.74 Å². The van der Waals surface area contributed by atoms with Gasteiger partial charge >= 0.3 is 0 Å². The monoisotopic (exact) mass is 317 g/mol. The molecule has 3 heteroatoms. The van der Waals surface area contributed by atoms with Gasteiger partial charge in [0.1, 0.15) is 12.4 Å². The minimum absolute atomic E-state index is 0.377. The zero-order valence-corrected chi connectivity index (χ0v) is 12.2. The highest BCUT2D eigenvalue weighted by molar-refractivity contribution is 9.10. The lowest BCUT2D eigenvalue weighted by Crippen LogP contribution is -2.38. The van der Waals surface area contributed by atoms with Gasteiger partial charge in [0.25, 0.3) is 0 Å². The molecule has 98 valence electrons. The molecule has 19 heavy (non-hydrogen) atoms. The van der Waals surface area contributed by atoms with Crippen LogP contribution in [0.4, 0.5) is 0 Å². The summed E-state index contributed by atoms with van der Waals surface area (Å²) in [6.45, 7) is 1.62. The second kappa shape index (κ2) is 5.76. The highest BCUT2D eigenvalue weighted by Crippen LogP contribution is 2.27. The molecule has 1 heterocycles. The van der Waals surface area contributed by atoms with Crippen LogP contribution in [0.2, 0.25) is 0 Å². The maximum atomic E-state index is 5.80. The second-order valence-corrected chi connectivity index (χ2v) is 5.75. The molecule has 2 aromatic carbocycles. The minimum Gasteiger partial charge on any atom is -0.492 e. The molecule has 1 aliphatic heterocycles. The minimum atomic E-state index is 0.377. The largest absolute Gasteiger partial charge is 0.492 e. The van der Waals surface area contributed by atoms with Gasteiger partial charge in [0.2, 0.25) is 0 Å². The molecule has 1 atom stereocenters. The number of ether oxygens (including phenoxy) is 1. The van der Waals surface area contributed by atoms with Crippen LogP contribution in [0, 0.1) is 0 Å². The maximum absolute atomic E-state index is 5.80. The van der Waals surface area contributed by atoms with Crippen LogP contribution in [0.5, 0.6) is 5.75 Å². The Balaban J connectivity index is 1.62. The molecule has 2 nitrogen and oxygen atoms in total. The van der Waals surface area contributed by atoms with Crippen molar-refractivity contribution in [2.24, 2.45) is 0 Å². The molecule has 0 aromatic heterocycles. The van der Waals surface area contributed by atoms with Crippen LogP contribution in [-0.2, 0) is 13.0 Å². The van der Waals surface area contributed by atoms with E-state index in [0.29, 0.717) is 6.04 Å². The lowest BCUT2D eigenvalue weighted by Gasteiger charge is -2.26. The fraction of sp³-hybridized carbons (Fsp3) is 0.250. The molecule has 0 fully saturated rings. The van der Waals surface area contributed by atoms with Crippen molar-refractivity contribution in [1.82, 2.24) is 5.32 Å². The van der Waals surface area contributed by atoms with Crippen molar-refractivity contribution >= 4 is 15.9 Å². The van der Waals surface area contributed by atoms with Crippen molar-refractivity contribution in [3.05, 3.63) is 64.1 Å². The van der Waals surface area contributed by atoms with E-state index in [0.717, 1.165) is 29.8 Å². The third kappa shape index (κ3) is 3.17. The highest BCUT2D eigenvalue weighted by atomic mass is 79.9. The summed E-state index contributed by atoms with van der Waals surface area (Å²) in [5.74, 6) is 1.01. The summed E-state index contributed by atoms with van der Waals surface area (Å²) >= 11 is 3.51. The molecule has 3 rings (SSSR count). The van der Waals surface area contributed by atoms with Crippen LogP contribution in [0.25, 0.3) is 0 Å². The van der Waals surface area contributed by atoms with Gasteiger partial charge < -0.3 is 10.1 Å². The van der Waals surface area contributed by atoms with Crippen LogP contribution >= 0.6 is 15.9 Å². The third-order valence-corrected chi connectivity index (χ3v) is 3.86. The van der Waals surface area contributed by atoms with Crippen LogP contribution in [-0.4, -0.2) is 12.6 Å². The molecule has 0 radical (unpaired) electrons. The van der Waals surface area contributed by atoms with Crippen molar-refractivity contribution in [2.75, 3.05) is 6.61 Å². The second-order valence-electron chi connectivity index (χ2n) is 4.83. The fourth-order valence-corrected chi connectivity index (χ4v) is 2.76. The summed E-state index contributed by atoms with van der Waals surface area (Å²) in [6, 6.07) is 17.0. The molecular formula is C16H16BrNO. The molecule has 1 aliphatic rings. The number of fused-ring (bicyclic) bond motifs is 1. The van der Waals surface area contributed by atoms with Crippen molar-refractivity contribution in [1.29, 1.82) is 0 Å². The van der Waals surface area contributed by atoms with Gasteiger partial charge in [-0.3, -0.25) is 0 Å². The molecule has 0 aliphatic carbocycles. The van der Waals surface area contributed by atoms with Gasteiger partial charge in [0, 0.05) is 17.1 Å². The van der Waals surface area contributed by atoms with Gasteiger partial charge in [-0.1, -0.05) is 46.3 Å². The molecule has 0 saturated heterocycles. The number of benzene rings is 2. The number of hydrogen-bond donors (Lipinski definition) is 1. The van der Waals surface area contributed by atoms with E-state index in [1.807, 2.05) is 18.2 Å². The molecule has 0 bridgehead atoms. The summed E-state index contributed by atoms with van der Waals surface area (Å²) in [5.41, 5.74) is 2.58. The molecule has 2 aromatic rings. The Labute approximate surface area is 121 Å². The van der Waals surface area contributed by atoms with Gasteiger partial charge in [-0.25, -0.2) is 0 Å². The van der Waals surface area contributed by atoms with E-state index >= 15 is 0 Å². The van der Waals surface area contributed by atoms with Crippen LogP contribution in [0.3, 0.4) is 0 Å². The summed E-state index contributed by atoms with van der Waals surface area (Å²) in [4.78, 5) is 0. The Morgan fingerprint density at radius 1 is 1.16 bits per heavy atom. The van der Waals surface area contributed by atoms with Gasteiger partial charge in [-0.2, -0.15) is 0 Å². The van der Waals surface area contributed by atoms with Crippen molar-refractivity contribution in [2.45, 2.75) is 19.0 Å². The molecule has 0 amide bonds. The van der Waals surface area contributed by atoms with E-state index in [4.69, 9.17) is 4.74 Å². The van der Waals surface area contributed by atoms with Crippen LogP contribution in [0.1, 0.15) is 11.1 Å². The van der Waals surface area contributed by atoms with Gasteiger partial charge in [-0.05, 0) is 35.7 Å². The van der Waals surface area contributed by atoms with E-state index in [1.165, 1.54) is 11.1 Å². The van der Waals surface area contributed by atoms with E-state index in [1.54, 1.807) is 0 Å². The Hall–Kier alpha value is -1.32. The van der Waals surface area contributed by atoms with Crippen molar-refractivity contribution in [3.63, 3.8) is 0 Å². The summed E-state index contributed by atoms with van der Waals surface area (Å²) in [5, 5.41) is 3.56. The van der Waals surface area contributed by atoms with Crippen molar-refractivity contribution in [3.8, 4) is 5.75 Å². The van der Waals surface area contributed by atoms with Crippen LogP contribution in [0.15, 0.2) is 53.0 Å². The highest BCUT2D eigenvalue weighted by Gasteiger charge is 2.19. The predicted molar refractivity (Wildman–Crippen MR) is 80.4 cm³/mol. The topological polar surface area (TPSA) is 21.3 Å². The van der Waals surface area contributed by atoms with E-state index in [2.05, 4.69) is 51.6 Å². The zero-order chi connectivity index (χ0) is 13.1. The normalized spacial score (nSPS) is 17.6. The average molecular weight is 318 g/mol. The van der Waals surface area contributed by atoms with Crippen LogP contribution < -0.4 is 10.1 Å². The van der Waals surface area contributed by atoms with E-state index < -0.39 is 0 Å².